The van der Waals surface area contributed by atoms with E-state index in [1.807, 2.05) is 213 Å². The van der Waals surface area contributed by atoms with Gasteiger partial charge in [0.05, 0.1) is 66.9 Å². The maximum Gasteiger partial charge on any atom is 0.257 e. The van der Waals surface area contributed by atoms with Crippen LogP contribution >= 0.6 is 13.5 Å². The van der Waals surface area contributed by atoms with E-state index in [-0.39, 0.29) is 128 Å². The lowest BCUT2D eigenvalue weighted by atomic mass is 9.96. The second-order valence-electron chi connectivity index (χ2n) is 31.5. The number of furan rings is 2. The highest BCUT2D eigenvalue weighted by Gasteiger charge is 2.30. The molecule has 0 spiro atoms. The maximum absolute atomic E-state index is 12.8. The number of carbonyl (C=O) groups is 10. The number of Topliss-reactive ketones (excluding diaryl/α,β-unsaturated/α-hetero) is 5. The molecule has 0 aliphatic rings. The molecule has 34 heteroatoms. The van der Waals surface area contributed by atoms with Crippen molar-refractivity contribution >= 4 is 71.9 Å². The minimum atomic E-state index is -0.472. The first kappa shape index (κ1) is 100. The van der Waals surface area contributed by atoms with Crippen molar-refractivity contribution in [1.82, 2.24) is 98.9 Å². The first-order valence-corrected chi connectivity index (χ1v) is 43.2. The molecule has 0 aliphatic carbocycles. The third kappa shape index (κ3) is 34.1. The van der Waals surface area contributed by atoms with E-state index < -0.39 is 29.6 Å². The van der Waals surface area contributed by atoms with Crippen LogP contribution in [0.4, 0.5) is 0 Å². The summed E-state index contributed by atoms with van der Waals surface area (Å²) in [6, 6.07) is 56.2. The average molecular weight is 1810 g/mol. The molecule has 33 nitrogen and oxygen atoms in total. The number of nitrogens with zero attached hydrogens (tertiary/aromatic N) is 16. The second-order valence-corrected chi connectivity index (χ2v) is 31.5. The molecule has 0 radical (unpaired) electrons. The van der Waals surface area contributed by atoms with E-state index in [9.17, 15) is 47.9 Å². The van der Waals surface area contributed by atoms with Gasteiger partial charge >= 0.3 is 0 Å². The van der Waals surface area contributed by atoms with E-state index >= 15 is 0 Å². The van der Waals surface area contributed by atoms with Crippen LogP contribution in [0, 0.1) is 36.2 Å². The Labute approximate surface area is 773 Å². The number of carbonyl (C=O) groups excluding carboxylic acids is 10. The van der Waals surface area contributed by atoms with Crippen LogP contribution in [0.15, 0.2) is 297 Å². The Morgan fingerprint density at radius 2 is 0.735 bits per heavy atom. The van der Waals surface area contributed by atoms with E-state index in [1.54, 1.807) is 134 Å². The highest BCUT2D eigenvalue weighted by Crippen LogP contribution is 2.23. The van der Waals surface area contributed by atoms with Gasteiger partial charge in [0.15, 0.2) is 40.4 Å². The zero-order valence-electron chi connectivity index (χ0n) is 74.6. The van der Waals surface area contributed by atoms with E-state index in [0.29, 0.717) is 107 Å². The Hall–Kier alpha value is -15.3. The summed E-state index contributed by atoms with van der Waals surface area (Å²) in [7, 11) is 5.49. The quantitative estimate of drug-likeness (QED) is 0.0175. The molecule has 0 unspecified atom stereocenters. The lowest BCUT2D eigenvalue weighted by molar-refractivity contribution is -0.126. The molecule has 0 fully saturated rings. The third-order valence-corrected chi connectivity index (χ3v) is 21.3. The Bertz CT molecular complexity index is 5660. The summed E-state index contributed by atoms with van der Waals surface area (Å²) < 4.78 is 24.5. The van der Waals surface area contributed by atoms with Gasteiger partial charge in [-0.15, -0.1) is 10.2 Å². The van der Waals surface area contributed by atoms with Crippen LogP contribution in [0.5, 0.6) is 0 Å². The highest BCUT2D eigenvalue weighted by molar-refractivity contribution is 7.59. The Kier molecular flexibility index (Phi) is 41.2. The van der Waals surface area contributed by atoms with Crippen LogP contribution in [-0.2, 0) is 111 Å². The largest absolute Gasteiger partial charge is 0.461 e. The molecule has 5 atom stereocenters. The lowest BCUT2D eigenvalue weighted by Gasteiger charge is -2.18. The van der Waals surface area contributed by atoms with Crippen LogP contribution in [0.2, 0.25) is 0 Å². The third-order valence-electron chi connectivity index (χ3n) is 21.3. The molecule has 5 amide bonds. The van der Waals surface area contributed by atoms with Crippen molar-refractivity contribution in [3.63, 3.8) is 0 Å². The van der Waals surface area contributed by atoms with Gasteiger partial charge in [0, 0.05) is 204 Å². The van der Waals surface area contributed by atoms with Gasteiger partial charge in [0.1, 0.15) is 5.69 Å². The topological polar surface area (TPSA) is 391 Å². The van der Waals surface area contributed by atoms with Crippen molar-refractivity contribution in [2.24, 2.45) is 50.7 Å². The van der Waals surface area contributed by atoms with Crippen LogP contribution < -0.4 is 26.6 Å². The van der Waals surface area contributed by atoms with Crippen LogP contribution in [0.3, 0.4) is 0 Å². The molecule has 0 aliphatic heterocycles. The van der Waals surface area contributed by atoms with Crippen LogP contribution in [-0.4, -0.2) is 137 Å². The molecule has 14 rings (SSSR count). The number of aromatic nitrogens is 15. The van der Waals surface area contributed by atoms with E-state index in [1.165, 1.54) is 12.5 Å². The summed E-state index contributed by atoms with van der Waals surface area (Å²) >= 11 is 0. The standard InChI is InChI=1S/C21H24N4O2.C20H23N5O2.C20H22N4O2.C19H20N4O3.C18H22N4O3.H2S/c1-24-11-5-8-19(24)20(26)14-18(9-12-25-13-10-22-16-25)21(27)23-15-17-6-3-2-4-7-17;1-24-11-5-8-18(24)19(26)14-17(9-12-25-13-10-22-23-25)20(27)21-15-16-6-3-2-4-7-16;1-23-10-5-8-18(23)19(25)12-17(14-24-11-9-21-15-24)20(26)22-13-16-6-3-2-4-7-16;24-17(18-7-4-12-26-18)13-16(8-10-23-11-9-21-22-23)19(25)20-14-15-5-2-1-3-6-15;1-13(2)21-18(24)14(9-16(23)17-5-4-8-25-17)6-7-22-11-15(10-19-3)20-12-22;/h2-8,10-11,13,16,18H,9,12,14-15H2,1H3,(H,23,27);2-8,10-11,13,17H,9,12,14-15H2,1H3,(H,21,27);2-11,15,17H,12-14H2,1H3,(H,22,26);1-7,9,11-12,16H,8,10,13-14H2,(H,20,25);4-5,8,11-14H,6-7,9-10H2,1-2H3,(H,21,24);1H2/t18-;2*17-;16-;14-;/m10011./s1. The van der Waals surface area contributed by atoms with Gasteiger partial charge in [-0.3, -0.25) is 57.3 Å². The monoisotopic (exact) mass is 1810 g/mol. The fraction of sp³-hybridized carbons (Fsp3) is 0.306. The lowest BCUT2D eigenvalue weighted by Crippen LogP contribution is -2.37. The molecular weight excluding hydrogens is 1700 g/mol. The van der Waals surface area contributed by atoms with E-state index in [0.717, 1.165) is 22.3 Å². The number of imidazole rings is 3. The van der Waals surface area contributed by atoms with Gasteiger partial charge in [-0.25, -0.2) is 21.5 Å². The van der Waals surface area contributed by atoms with Crippen molar-refractivity contribution in [2.45, 2.75) is 143 Å². The predicted molar refractivity (Wildman–Crippen MR) is 498 cm³/mol. The highest BCUT2D eigenvalue weighted by atomic mass is 32.1. The van der Waals surface area contributed by atoms with Gasteiger partial charge in [-0.05, 0) is 122 Å². The van der Waals surface area contributed by atoms with Gasteiger partial charge in [-0.1, -0.05) is 132 Å². The Morgan fingerprint density at radius 3 is 1.07 bits per heavy atom. The normalized spacial score (nSPS) is 11.8. The van der Waals surface area contributed by atoms with Gasteiger partial charge < -0.3 is 67.7 Å². The van der Waals surface area contributed by atoms with Gasteiger partial charge in [-0.2, -0.15) is 13.5 Å². The average Bonchev–Trinajstić information content (AvgIpc) is 1.70. The molecule has 0 saturated heterocycles. The summed E-state index contributed by atoms with van der Waals surface area (Å²) in [6.45, 7) is 15.3. The Morgan fingerprint density at radius 1 is 0.379 bits per heavy atom. The van der Waals surface area contributed by atoms with Crippen LogP contribution in [0.25, 0.3) is 4.85 Å². The van der Waals surface area contributed by atoms with Crippen molar-refractivity contribution in [1.29, 1.82) is 0 Å². The summed E-state index contributed by atoms with van der Waals surface area (Å²) in [5, 5.41) is 30.0. The predicted octanol–water partition coefficient (Wildman–Crippen LogP) is 12.7. The fourth-order valence-electron chi connectivity index (χ4n) is 14.1. The number of ketones is 5. The number of nitrogens with one attached hydrogen (secondary N) is 5. The number of aryl methyl sites for hydroxylation is 7. The van der Waals surface area contributed by atoms with Crippen LogP contribution in [0.1, 0.15) is 152 Å². The second kappa shape index (κ2) is 54.1. The Balaban J connectivity index is 0.000000185. The molecule has 14 aromatic rings. The van der Waals surface area contributed by atoms with Crippen molar-refractivity contribution in [3.05, 3.63) is 356 Å². The molecule has 688 valence electrons. The smallest absolute Gasteiger partial charge is 0.257 e. The SMILES string of the molecule is Cn1cccc1C(=O)C[C@@H](CCn1ccnc1)C(=O)NCc1ccccc1.Cn1cccc1C(=O)C[C@@H](Cn1ccnc1)C(=O)NCc1ccccc1.Cn1cccc1C(=O)C[C@H](CCn1ccnn1)C(=O)NCc1ccccc1.O=C(C[C@@H](CCn1ccnn1)C(=O)NCc1ccccc1)c1ccco1.S.[C-]#[N+]Cc1cn(CC[C@H](CC(=O)c2ccco2)C(=O)NC(C)C)cn1. The van der Waals surface area contributed by atoms with Gasteiger partial charge in [0.25, 0.3) is 6.54 Å². The number of amides is 5. The maximum atomic E-state index is 12.8. The molecule has 132 heavy (non-hydrogen) atoms. The number of hydrogen-bond acceptors (Lipinski definition) is 19. The van der Waals surface area contributed by atoms with Crippen molar-refractivity contribution < 1.29 is 56.8 Å². The minimum Gasteiger partial charge on any atom is -0.461 e. The molecule has 5 N–H and O–H groups in total. The fourth-order valence-corrected chi connectivity index (χ4v) is 14.1. The molecular formula is C98H113N21O12S. The molecule has 10 heterocycles. The zero-order valence-corrected chi connectivity index (χ0v) is 75.6. The van der Waals surface area contributed by atoms with Crippen molar-refractivity contribution in [2.75, 3.05) is 0 Å². The van der Waals surface area contributed by atoms with Gasteiger partial charge in [0.2, 0.25) is 29.5 Å². The first-order valence-electron chi connectivity index (χ1n) is 43.2. The van der Waals surface area contributed by atoms with E-state index in [2.05, 4.69) is 67.0 Å². The first-order chi connectivity index (χ1) is 63.6. The minimum absolute atomic E-state index is 0. The van der Waals surface area contributed by atoms with E-state index in [4.69, 9.17) is 15.4 Å². The summed E-state index contributed by atoms with van der Waals surface area (Å²) in [6.07, 6.45) is 31.6. The zero-order chi connectivity index (χ0) is 92.9. The number of hydrogen-bond donors (Lipinski definition) is 5. The number of benzene rings is 4. The van der Waals surface area contributed by atoms with Crippen molar-refractivity contribution in [3.8, 4) is 0 Å². The molecule has 10 aromatic heterocycles. The number of rotatable bonds is 44. The molecule has 0 saturated carbocycles. The molecule has 4 aromatic carbocycles. The summed E-state index contributed by atoms with van der Waals surface area (Å²) in [5.74, 6) is -2.80. The summed E-state index contributed by atoms with van der Waals surface area (Å²) in [5.41, 5.74) is 6.63. The summed E-state index contributed by atoms with van der Waals surface area (Å²) in [4.78, 5) is 141. The molecule has 0 bridgehead atoms.